The van der Waals surface area contributed by atoms with Crippen molar-refractivity contribution >= 4 is 28.6 Å². The van der Waals surface area contributed by atoms with Gasteiger partial charge in [0.05, 0.1) is 7.11 Å². The molecule has 0 bridgehead atoms. The molecule has 0 unspecified atom stereocenters. The van der Waals surface area contributed by atoms with E-state index in [1.54, 1.807) is 12.1 Å². The summed E-state index contributed by atoms with van der Waals surface area (Å²) in [6, 6.07) is 3.46. The van der Waals surface area contributed by atoms with Gasteiger partial charge in [0.2, 0.25) is 0 Å². The first-order chi connectivity index (χ1) is 7.11. The van der Waals surface area contributed by atoms with Crippen LogP contribution in [0.2, 0.25) is 5.15 Å². The molecule has 2 rings (SSSR count). The number of halogens is 1. The third-order valence-electron chi connectivity index (χ3n) is 2.18. The molecule has 0 aliphatic rings. The second-order valence-electron chi connectivity index (χ2n) is 3.20. The molecule has 0 amide bonds. The molecule has 0 saturated heterocycles. The molecule has 0 saturated carbocycles. The Kier molecular flexibility index (Phi) is 2.36. The first kappa shape index (κ1) is 9.98. The number of H-pyrrole nitrogens is 1. The second kappa shape index (κ2) is 3.55. The van der Waals surface area contributed by atoms with E-state index in [9.17, 15) is 4.79 Å². The van der Waals surface area contributed by atoms with Crippen molar-refractivity contribution in [2.75, 3.05) is 7.11 Å². The van der Waals surface area contributed by atoms with E-state index in [0.29, 0.717) is 16.5 Å². The molecule has 0 fully saturated rings. The summed E-state index contributed by atoms with van der Waals surface area (Å²) in [5.41, 5.74) is 1.95. The number of ether oxygens (including phenoxy) is 1. The number of carbonyl (C=O) groups is 1. The van der Waals surface area contributed by atoms with Crippen LogP contribution in [0.5, 0.6) is 0 Å². The number of fused-ring (bicyclic) bond motifs is 1. The summed E-state index contributed by atoms with van der Waals surface area (Å²) < 4.78 is 4.60. The van der Waals surface area contributed by atoms with E-state index in [2.05, 4.69) is 14.7 Å². The maximum absolute atomic E-state index is 11.3. The average molecular weight is 225 g/mol. The highest BCUT2D eigenvalue weighted by Crippen LogP contribution is 2.21. The highest BCUT2D eigenvalue weighted by Gasteiger charge is 2.11. The second-order valence-corrected chi connectivity index (χ2v) is 3.59. The van der Waals surface area contributed by atoms with Gasteiger partial charge in [-0.05, 0) is 24.6 Å². The fourth-order valence-corrected chi connectivity index (χ4v) is 1.70. The van der Waals surface area contributed by atoms with Crippen LogP contribution in [0.3, 0.4) is 0 Å². The highest BCUT2D eigenvalue weighted by molar-refractivity contribution is 6.29. The maximum Gasteiger partial charge on any atom is 0.354 e. The van der Waals surface area contributed by atoms with Crippen LogP contribution in [-0.4, -0.2) is 23.0 Å². The van der Waals surface area contributed by atoms with Crippen LogP contribution in [0, 0.1) is 6.92 Å². The lowest BCUT2D eigenvalue weighted by molar-refractivity contribution is 0.0595. The number of esters is 1. The van der Waals surface area contributed by atoms with Gasteiger partial charge in [-0.2, -0.15) is 0 Å². The monoisotopic (exact) mass is 224 g/mol. The SMILES string of the molecule is COC(=O)c1cc2c(C)cc(Cl)nc2[nH]1. The number of pyridine rings is 1. The molecule has 5 heteroatoms. The fraction of sp³-hybridized carbons (Fsp3) is 0.200. The van der Waals surface area contributed by atoms with Crippen LogP contribution in [0.4, 0.5) is 0 Å². The quantitative estimate of drug-likeness (QED) is 0.597. The summed E-state index contributed by atoms with van der Waals surface area (Å²) in [5.74, 6) is -0.413. The topological polar surface area (TPSA) is 55.0 Å². The Labute approximate surface area is 91.2 Å². The molecule has 0 aliphatic carbocycles. The van der Waals surface area contributed by atoms with Gasteiger partial charge in [0.25, 0.3) is 0 Å². The summed E-state index contributed by atoms with van der Waals surface area (Å²) in [4.78, 5) is 18.2. The first-order valence-corrected chi connectivity index (χ1v) is 4.74. The number of methoxy groups -OCH3 is 1. The molecule has 0 aliphatic heterocycles. The zero-order chi connectivity index (χ0) is 11.0. The summed E-state index contributed by atoms with van der Waals surface area (Å²) >= 11 is 5.80. The van der Waals surface area contributed by atoms with Crippen LogP contribution < -0.4 is 0 Å². The van der Waals surface area contributed by atoms with E-state index in [4.69, 9.17) is 11.6 Å². The first-order valence-electron chi connectivity index (χ1n) is 4.36. The largest absolute Gasteiger partial charge is 0.464 e. The number of aromatic nitrogens is 2. The molecule has 0 spiro atoms. The predicted molar refractivity (Wildman–Crippen MR) is 57.2 cm³/mol. The minimum absolute atomic E-state index is 0.380. The van der Waals surface area contributed by atoms with Gasteiger partial charge in [-0.3, -0.25) is 0 Å². The fourth-order valence-electron chi connectivity index (χ4n) is 1.45. The van der Waals surface area contributed by atoms with Gasteiger partial charge in [-0.25, -0.2) is 9.78 Å². The Bertz CT molecular complexity index is 533. The number of carbonyl (C=O) groups excluding carboxylic acids is 1. The van der Waals surface area contributed by atoms with Gasteiger partial charge in [0.1, 0.15) is 16.5 Å². The van der Waals surface area contributed by atoms with Gasteiger partial charge in [-0.1, -0.05) is 11.6 Å². The van der Waals surface area contributed by atoms with Crippen molar-refractivity contribution in [1.82, 2.24) is 9.97 Å². The van der Waals surface area contributed by atoms with Crippen molar-refractivity contribution in [3.05, 3.63) is 28.5 Å². The summed E-state index contributed by atoms with van der Waals surface area (Å²) in [6.45, 7) is 1.91. The molecule has 2 heterocycles. The van der Waals surface area contributed by atoms with Gasteiger partial charge in [-0.15, -0.1) is 0 Å². The third-order valence-corrected chi connectivity index (χ3v) is 2.37. The number of hydrogen-bond donors (Lipinski definition) is 1. The number of nitrogens with zero attached hydrogens (tertiary/aromatic N) is 1. The van der Waals surface area contributed by atoms with Crippen LogP contribution in [0.25, 0.3) is 11.0 Å². The van der Waals surface area contributed by atoms with E-state index < -0.39 is 5.97 Å². The van der Waals surface area contributed by atoms with Crippen molar-refractivity contribution in [2.24, 2.45) is 0 Å². The molecule has 2 aromatic rings. The van der Waals surface area contributed by atoms with Crippen LogP contribution >= 0.6 is 11.6 Å². The number of rotatable bonds is 1. The number of nitrogens with one attached hydrogen (secondary N) is 1. The van der Waals surface area contributed by atoms with E-state index in [0.717, 1.165) is 10.9 Å². The highest BCUT2D eigenvalue weighted by atomic mass is 35.5. The van der Waals surface area contributed by atoms with Crippen molar-refractivity contribution < 1.29 is 9.53 Å². The molecule has 0 atom stereocenters. The Morgan fingerprint density at radius 3 is 2.93 bits per heavy atom. The molecule has 1 N–H and O–H groups in total. The number of hydrogen-bond acceptors (Lipinski definition) is 3. The van der Waals surface area contributed by atoms with Crippen molar-refractivity contribution in [2.45, 2.75) is 6.92 Å². The Hall–Kier alpha value is -1.55. The van der Waals surface area contributed by atoms with Gasteiger partial charge in [0, 0.05) is 5.39 Å². The van der Waals surface area contributed by atoms with Gasteiger partial charge in [0.15, 0.2) is 0 Å². The molecule has 0 aromatic carbocycles. The van der Waals surface area contributed by atoms with E-state index in [1.807, 2.05) is 6.92 Å². The lowest BCUT2D eigenvalue weighted by atomic mass is 10.2. The van der Waals surface area contributed by atoms with Crippen LogP contribution in [0.1, 0.15) is 16.1 Å². The van der Waals surface area contributed by atoms with E-state index in [1.165, 1.54) is 7.11 Å². The van der Waals surface area contributed by atoms with Crippen LogP contribution in [0.15, 0.2) is 12.1 Å². The lowest BCUT2D eigenvalue weighted by Crippen LogP contribution is -2.00. The Balaban J connectivity index is 2.65. The number of aromatic amines is 1. The van der Waals surface area contributed by atoms with E-state index in [-0.39, 0.29) is 0 Å². The zero-order valence-corrected chi connectivity index (χ0v) is 9.05. The third kappa shape index (κ3) is 1.68. The smallest absolute Gasteiger partial charge is 0.354 e. The summed E-state index contributed by atoms with van der Waals surface area (Å²) in [5, 5.41) is 1.28. The summed E-state index contributed by atoms with van der Waals surface area (Å²) in [6.07, 6.45) is 0. The molecule has 0 radical (unpaired) electrons. The molecule has 78 valence electrons. The minimum Gasteiger partial charge on any atom is -0.464 e. The molecule has 15 heavy (non-hydrogen) atoms. The maximum atomic E-state index is 11.3. The summed E-state index contributed by atoms with van der Waals surface area (Å²) in [7, 11) is 1.33. The molecule has 2 aromatic heterocycles. The van der Waals surface area contributed by atoms with Gasteiger partial charge >= 0.3 is 5.97 Å². The lowest BCUT2D eigenvalue weighted by Gasteiger charge is -1.94. The van der Waals surface area contributed by atoms with Crippen molar-refractivity contribution in [3.8, 4) is 0 Å². The standard InChI is InChI=1S/C10H9ClN2O2/c1-5-3-8(11)13-9-6(5)4-7(12-9)10(14)15-2/h3-4H,1-2H3,(H,12,13). The molecular weight excluding hydrogens is 216 g/mol. The normalized spacial score (nSPS) is 10.6. The minimum atomic E-state index is -0.413. The van der Waals surface area contributed by atoms with Crippen molar-refractivity contribution in [1.29, 1.82) is 0 Å². The Morgan fingerprint density at radius 1 is 1.53 bits per heavy atom. The van der Waals surface area contributed by atoms with Crippen LogP contribution in [-0.2, 0) is 4.74 Å². The molecular formula is C10H9ClN2O2. The predicted octanol–water partition coefficient (Wildman–Crippen LogP) is 2.31. The van der Waals surface area contributed by atoms with E-state index >= 15 is 0 Å². The zero-order valence-electron chi connectivity index (χ0n) is 8.30. The number of aryl methyl sites for hydroxylation is 1. The Morgan fingerprint density at radius 2 is 2.27 bits per heavy atom. The average Bonchev–Trinajstić information content (AvgIpc) is 2.60. The molecule has 4 nitrogen and oxygen atoms in total. The van der Waals surface area contributed by atoms with Gasteiger partial charge < -0.3 is 9.72 Å². The van der Waals surface area contributed by atoms with Crippen molar-refractivity contribution in [3.63, 3.8) is 0 Å².